The normalized spacial score (nSPS) is 35.1. The summed E-state index contributed by atoms with van der Waals surface area (Å²) in [6, 6.07) is 1.51. The first-order chi connectivity index (χ1) is 9.00. The Hall–Kier alpha value is -0.0800. The molecule has 112 valence electrons. The van der Waals surface area contributed by atoms with Crippen LogP contribution in [-0.2, 0) is 0 Å². The summed E-state index contributed by atoms with van der Waals surface area (Å²) in [7, 11) is 0. The molecule has 2 rings (SSSR count). The maximum atomic E-state index is 3.77. The fourth-order valence-electron chi connectivity index (χ4n) is 3.83. The van der Waals surface area contributed by atoms with Crippen molar-refractivity contribution in [2.75, 3.05) is 19.6 Å². The van der Waals surface area contributed by atoms with Gasteiger partial charge in [-0.3, -0.25) is 4.90 Å². The molecule has 2 aliphatic rings. The van der Waals surface area contributed by atoms with Crippen molar-refractivity contribution in [3.05, 3.63) is 0 Å². The van der Waals surface area contributed by atoms with Gasteiger partial charge in [-0.05, 0) is 43.7 Å². The predicted molar refractivity (Wildman–Crippen MR) is 83.5 cm³/mol. The highest BCUT2D eigenvalue weighted by Gasteiger charge is 2.32. The minimum absolute atomic E-state index is 0.376. The molecular formula is C17H34N2. The van der Waals surface area contributed by atoms with Gasteiger partial charge in [0.1, 0.15) is 0 Å². The molecule has 2 heteroatoms. The van der Waals surface area contributed by atoms with Gasteiger partial charge in [-0.2, -0.15) is 0 Å². The van der Waals surface area contributed by atoms with Crippen LogP contribution < -0.4 is 5.32 Å². The van der Waals surface area contributed by atoms with Crippen LogP contribution in [-0.4, -0.2) is 36.6 Å². The van der Waals surface area contributed by atoms with Crippen LogP contribution >= 0.6 is 0 Å². The second-order valence-corrected chi connectivity index (χ2v) is 7.82. The summed E-state index contributed by atoms with van der Waals surface area (Å²) in [6.07, 6.45) is 8.51. The average molecular weight is 266 g/mol. The van der Waals surface area contributed by atoms with E-state index >= 15 is 0 Å². The SMILES string of the molecule is CCC1CCCC(N2CCCNC(C(C)(C)C)C2)C1. The van der Waals surface area contributed by atoms with E-state index in [0.29, 0.717) is 11.5 Å². The summed E-state index contributed by atoms with van der Waals surface area (Å²) in [5.41, 5.74) is 0.376. The van der Waals surface area contributed by atoms with Crippen molar-refractivity contribution >= 4 is 0 Å². The Morgan fingerprint density at radius 2 is 1.95 bits per heavy atom. The van der Waals surface area contributed by atoms with Crippen LogP contribution in [0.5, 0.6) is 0 Å². The van der Waals surface area contributed by atoms with Gasteiger partial charge in [0.2, 0.25) is 0 Å². The van der Waals surface area contributed by atoms with Crippen LogP contribution in [0.4, 0.5) is 0 Å². The number of nitrogens with one attached hydrogen (secondary N) is 1. The zero-order chi connectivity index (χ0) is 13.9. The van der Waals surface area contributed by atoms with Gasteiger partial charge >= 0.3 is 0 Å². The average Bonchev–Trinajstić information content (AvgIpc) is 2.64. The van der Waals surface area contributed by atoms with E-state index in [2.05, 4.69) is 37.9 Å². The summed E-state index contributed by atoms with van der Waals surface area (Å²) >= 11 is 0. The van der Waals surface area contributed by atoms with Crippen molar-refractivity contribution in [2.45, 2.75) is 78.3 Å². The third kappa shape index (κ3) is 4.19. The Kier molecular flexibility index (Phi) is 5.30. The lowest BCUT2D eigenvalue weighted by atomic mass is 9.82. The van der Waals surface area contributed by atoms with E-state index in [1.807, 2.05) is 0 Å². The van der Waals surface area contributed by atoms with E-state index in [0.717, 1.165) is 12.0 Å². The molecule has 1 N–H and O–H groups in total. The molecule has 1 saturated heterocycles. The standard InChI is InChI=1S/C17H34N2/c1-5-14-8-6-9-15(12-14)19-11-7-10-18-16(13-19)17(2,3)4/h14-16,18H,5-13H2,1-4H3. The van der Waals surface area contributed by atoms with Crippen molar-refractivity contribution < 1.29 is 0 Å². The molecule has 0 amide bonds. The minimum Gasteiger partial charge on any atom is -0.312 e. The Morgan fingerprint density at radius 1 is 1.16 bits per heavy atom. The number of rotatable bonds is 2. The van der Waals surface area contributed by atoms with Crippen molar-refractivity contribution in [1.82, 2.24) is 10.2 Å². The maximum Gasteiger partial charge on any atom is 0.0243 e. The summed E-state index contributed by atoms with van der Waals surface area (Å²) < 4.78 is 0. The Labute approximate surface area is 120 Å². The van der Waals surface area contributed by atoms with Crippen LogP contribution in [0, 0.1) is 11.3 Å². The fourth-order valence-corrected chi connectivity index (χ4v) is 3.83. The van der Waals surface area contributed by atoms with Crippen LogP contribution in [0.2, 0.25) is 0 Å². The summed E-state index contributed by atoms with van der Waals surface area (Å²) in [4.78, 5) is 2.82. The highest BCUT2D eigenvalue weighted by molar-refractivity contribution is 4.89. The number of nitrogens with zero attached hydrogens (tertiary/aromatic N) is 1. The third-order valence-electron chi connectivity index (χ3n) is 5.32. The van der Waals surface area contributed by atoms with Gasteiger partial charge in [-0.15, -0.1) is 0 Å². The fraction of sp³-hybridized carbons (Fsp3) is 1.00. The van der Waals surface area contributed by atoms with Crippen LogP contribution in [0.3, 0.4) is 0 Å². The van der Waals surface area contributed by atoms with Gasteiger partial charge in [0.25, 0.3) is 0 Å². The van der Waals surface area contributed by atoms with Crippen LogP contribution in [0.15, 0.2) is 0 Å². The van der Waals surface area contributed by atoms with Crippen LogP contribution in [0.25, 0.3) is 0 Å². The lowest BCUT2D eigenvalue weighted by molar-refractivity contribution is 0.107. The monoisotopic (exact) mass is 266 g/mol. The Balaban J connectivity index is 1.97. The van der Waals surface area contributed by atoms with Crippen molar-refractivity contribution in [3.63, 3.8) is 0 Å². The lowest BCUT2D eigenvalue weighted by Gasteiger charge is -2.40. The molecule has 1 aliphatic heterocycles. The van der Waals surface area contributed by atoms with Gasteiger partial charge < -0.3 is 5.32 Å². The molecule has 1 saturated carbocycles. The largest absolute Gasteiger partial charge is 0.312 e. The second-order valence-electron chi connectivity index (χ2n) is 7.82. The zero-order valence-corrected chi connectivity index (χ0v) is 13.5. The maximum absolute atomic E-state index is 3.77. The second kappa shape index (κ2) is 6.58. The van der Waals surface area contributed by atoms with E-state index in [4.69, 9.17) is 0 Å². The first-order valence-electron chi connectivity index (χ1n) is 8.48. The number of hydrogen-bond acceptors (Lipinski definition) is 2. The lowest BCUT2D eigenvalue weighted by Crippen LogP contribution is -2.49. The Bertz CT molecular complexity index is 269. The van der Waals surface area contributed by atoms with Gasteiger partial charge in [0.05, 0.1) is 0 Å². The molecule has 2 fully saturated rings. The summed E-state index contributed by atoms with van der Waals surface area (Å²) in [6.45, 7) is 13.3. The smallest absolute Gasteiger partial charge is 0.0243 e. The molecule has 0 spiro atoms. The molecule has 1 heterocycles. The third-order valence-corrected chi connectivity index (χ3v) is 5.32. The minimum atomic E-state index is 0.376. The quantitative estimate of drug-likeness (QED) is 0.820. The zero-order valence-electron chi connectivity index (χ0n) is 13.5. The Morgan fingerprint density at radius 3 is 2.63 bits per heavy atom. The number of hydrogen-bond donors (Lipinski definition) is 1. The van der Waals surface area contributed by atoms with E-state index in [1.165, 1.54) is 58.2 Å². The summed E-state index contributed by atoms with van der Waals surface area (Å²) in [5.74, 6) is 0.989. The molecule has 0 bridgehead atoms. The first-order valence-corrected chi connectivity index (χ1v) is 8.48. The highest BCUT2D eigenvalue weighted by Crippen LogP contribution is 2.31. The molecule has 0 aromatic heterocycles. The molecule has 3 unspecified atom stereocenters. The molecule has 0 aromatic carbocycles. The van der Waals surface area contributed by atoms with E-state index in [9.17, 15) is 0 Å². The molecule has 19 heavy (non-hydrogen) atoms. The van der Waals surface area contributed by atoms with Gasteiger partial charge in [0.15, 0.2) is 0 Å². The summed E-state index contributed by atoms with van der Waals surface area (Å²) in [5, 5.41) is 3.77. The molecule has 3 atom stereocenters. The molecular weight excluding hydrogens is 232 g/mol. The van der Waals surface area contributed by atoms with E-state index in [1.54, 1.807) is 0 Å². The van der Waals surface area contributed by atoms with Gasteiger partial charge in [0, 0.05) is 18.6 Å². The first kappa shape index (κ1) is 15.3. The van der Waals surface area contributed by atoms with Gasteiger partial charge in [-0.25, -0.2) is 0 Å². The van der Waals surface area contributed by atoms with E-state index < -0.39 is 0 Å². The molecule has 0 radical (unpaired) electrons. The van der Waals surface area contributed by atoms with Crippen molar-refractivity contribution in [1.29, 1.82) is 0 Å². The van der Waals surface area contributed by atoms with Crippen molar-refractivity contribution in [3.8, 4) is 0 Å². The van der Waals surface area contributed by atoms with E-state index in [-0.39, 0.29) is 0 Å². The molecule has 1 aliphatic carbocycles. The van der Waals surface area contributed by atoms with Crippen LogP contribution in [0.1, 0.15) is 66.2 Å². The predicted octanol–water partition coefficient (Wildman–Crippen LogP) is 3.67. The molecule has 2 nitrogen and oxygen atoms in total. The highest BCUT2D eigenvalue weighted by atomic mass is 15.2. The molecule has 0 aromatic rings. The topological polar surface area (TPSA) is 15.3 Å². The van der Waals surface area contributed by atoms with Crippen molar-refractivity contribution in [2.24, 2.45) is 11.3 Å². The van der Waals surface area contributed by atoms with Gasteiger partial charge in [-0.1, -0.05) is 47.0 Å².